The molecule has 0 N–H and O–H groups in total. The van der Waals surface area contributed by atoms with Crippen molar-refractivity contribution in [3.63, 3.8) is 0 Å². The van der Waals surface area contributed by atoms with E-state index in [0.717, 1.165) is 11.1 Å². The molecular weight excluding hydrogens is 275 g/mol. The summed E-state index contributed by atoms with van der Waals surface area (Å²) in [5, 5.41) is 0. The molecule has 0 bridgehead atoms. The van der Waals surface area contributed by atoms with E-state index < -0.39 is 0 Å². The molecule has 2 aromatic carbocycles. The van der Waals surface area contributed by atoms with E-state index in [1.165, 1.54) is 28.8 Å². The van der Waals surface area contributed by atoms with Crippen LogP contribution in [0.5, 0.6) is 5.75 Å². The van der Waals surface area contributed by atoms with Crippen molar-refractivity contribution in [2.75, 3.05) is 0 Å². The van der Waals surface area contributed by atoms with E-state index in [2.05, 4.69) is 32.9 Å². The zero-order valence-electron chi connectivity index (χ0n) is 12.0. The number of hydrogen-bond acceptors (Lipinski definition) is 1. The van der Waals surface area contributed by atoms with Gasteiger partial charge in [-0.1, -0.05) is 17.7 Å². The van der Waals surface area contributed by atoms with E-state index in [-0.39, 0.29) is 11.7 Å². The molecule has 0 amide bonds. The first-order valence-corrected chi connectivity index (χ1v) is 7.08. The molecular formula is C17H18ClFO. The first-order valence-electron chi connectivity index (χ1n) is 6.54. The van der Waals surface area contributed by atoms with Gasteiger partial charge in [-0.2, -0.15) is 0 Å². The summed E-state index contributed by atoms with van der Waals surface area (Å²) in [6.45, 7) is 6.63. The van der Waals surface area contributed by atoms with Gasteiger partial charge in [0.2, 0.25) is 0 Å². The molecule has 0 fully saturated rings. The van der Waals surface area contributed by atoms with Gasteiger partial charge in [0.25, 0.3) is 0 Å². The number of alkyl halides is 1. The largest absolute Gasteiger partial charge is 0.489 e. The summed E-state index contributed by atoms with van der Waals surface area (Å²) in [6, 6.07) is 8.83. The van der Waals surface area contributed by atoms with E-state index in [4.69, 9.17) is 16.3 Å². The molecule has 0 radical (unpaired) electrons. The number of aryl methyl sites for hydroxylation is 3. The lowest BCUT2D eigenvalue weighted by atomic mass is 10.0. The SMILES string of the molecule is Cc1cc(C)c(COc2cc(F)cc(CCl)c2)c(C)c1. The minimum atomic E-state index is -0.324. The van der Waals surface area contributed by atoms with E-state index in [1.54, 1.807) is 6.07 Å². The summed E-state index contributed by atoms with van der Waals surface area (Å²) in [5.74, 6) is 0.465. The van der Waals surface area contributed by atoms with Crippen LogP contribution in [-0.4, -0.2) is 0 Å². The van der Waals surface area contributed by atoms with Crippen molar-refractivity contribution in [2.24, 2.45) is 0 Å². The Morgan fingerprint density at radius 1 is 1.00 bits per heavy atom. The molecule has 2 aromatic rings. The minimum absolute atomic E-state index is 0.275. The van der Waals surface area contributed by atoms with E-state index in [0.29, 0.717) is 12.4 Å². The van der Waals surface area contributed by atoms with Crippen molar-refractivity contribution in [3.8, 4) is 5.75 Å². The molecule has 0 aliphatic rings. The topological polar surface area (TPSA) is 9.23 Å². The Labute approximate surface area is 124 Å². The van der Waals surface area contributed by atoms with Gasteiger partial charge in [-0.15, -0.1) is 11.6 Å². The molecule has 20 heavy (non-hydrogen) atoms. The average molecular weight is 293 g/mol. The van der Waals surface area contributed by atoms with Gasteiger partial charge in [0, 0.05) is 11.9 Å². The fourth-order valence-corrected chi connectivity index (χ4v) is 2.53. The maximum atomic E-state index is 13.4. The highest BCUT2D eigenvalue weighted by Gasteiger charge is 2.06. The highest BCUT2D eigenvalue weighted by molar-refractivity contribution is 6.17. The van der Waals surface area contributed by atoms with Gasteiger partial charge in [0.05, 0.1) is 0 Å². The molecule has 106 valence electrons. The van der Waals surface area contributed by atoms with E-state index >= 15 is 0 Å². The standard InChI is InChI=1S/C17H18ClFO/c1-11-4-12(2)17(13(3)5-11)10-20-16-7-14(9-18)6-15(19)8-16/h4-8H,9-10H2,1-3H3. The van der Waals surface area contributed by atoms with Crippen LogP contribution in [0.3, 0.4) is 0 Å². The second-order valence-corrected chi connectivity index (χ2v) is 5.36. The summed E-state index contributed by atoms with van der Waals surface area (Å²) in [4.78, 5) is 0. The van der Waals surface area contributed by atoms with Crippen molar-refractivity contribution < 1.29 is 9.13 Å². The molecule has 2 rings (SSSR count). The number of rotatable bonds is 4. The molecule has 0 unspecified atom stereocenters. The molecule has 0 heterocycles. The zero-order valence-corrected chi connectivity index (χ0v) is 12.7. The molecule has 0 saturated carbocycles. The zero-order chi connectivity index (χ0) is 14.7. The fourth-order valence-electron chi connectivity index (χ4n) is 2.37. The van der Waals surface area contributed by atoms with Crippen LogP contribution >= 0.6 is 11.6 Å². The first-order chi connectivity index (χ1) is 9.49. The lowest BCUT2D eigenvalue weighted by Gasteiger charge is -2.13. The van der Waals surface area contributed by atoms with Crippen molar-refractivity contribution in [1.29, 1.82) is 0 Å². The quantitative estimate of drug-likeness (QED) is 0.715. The third-order valence-electron chi connectivity index (χ3n) is 3.31. The van der Waals surface area contributed by atoms with Gasteiger partial charge in [0.1, 0.15) is 18.2 Å². The predicted molar refractivity (Wildman–Crippen MR) is 80.9 cm³/mol. The summed E-state index contributed by atoms with van der Waals surface area (Å²) in [5.41, 5.74) is 5.48. The van der Waals surface area contributed by atoms with Crippen LogP contribution in [0, 0.1) is 26.6 Å². The molecule has 0 spiro atoms. The monoisotopic (exact) mass is 292 g/mol. The molecule has 0 saturated heterocycles. The Morgan fingerprint density at radius 2 is 1.65 bits per heavy atom. The van der Waals surface area contributed by atoms with Gasteiger partial charge >= 0.3 is 0 Å². The highest BCUT2D eigenvalue weighted by Crippen LogP contribution is 2.22. The van der Waals surface area contributed by atoms with Gasteiger partial charge < -0.3 is 4.74 Å². The maximum Gasteiger partial charge on any atom is 0.127 e. The smallest absolute Gasteiger partial charge is 0.127 e. The third-order valence-corrected chi connectivity index (χ3v) is 3.62. The Morgan fingerprint density at radius 3 is 2.25 bits per heavy atom. The summed E-state index contributed by atoms with van der Waals surface area (Å²) >= 11 is 5.73. The number of ether oxygens (including phenoxy) is 1. The number of benzene rings is 2. The molecule has 0 aliphatic heterocycles. The molecule has 1 nitrogen and oxygen atoms in total. The molecule has 3 heteroatoms. The van der Waals surface area contributed by atoms with Crippen molar-refractivity contribution in [3.05, 3.63) is 64.0 Å². The maximum absolute atomic E-state index is 13.4. The van der Waals surface area contributed by atoms with E-state index in [9.17, 15) is 4.39 Å². The Kier molecular flexibility index (Phi) is 4.66. The Hall–Kier alpha value is -1.54. The summed E-state index contributed by atoms with van der Waals surface area (Å²) < 4.78 is 19.1. The minimum Gasteiger partial charge on any atom is -0.489 e. The summed E-state index contributed by atoms with van der Waals surface area (Å²) in [7, 11) is 0. The molecule has 0 aliphatic carbocycles. The number of hydrogen-bond donors (Lipinski definition) is 0. The highest BCUT2D eigenvalue weighted by atomic mass is 35.5. The predicted octanol–water partition coefficient (Wildman–Crippen LogP) is 5.07. The van der Waals surface area contributed by atoms with Gasteiger partial charge in [-0.3, -0.25) is 0 Å². The van der Waals surface area contributed by atoms with Crippen LogP contribution in [0.4, 0.5) is 4.39 Å². The van der Waals surface area contributed by atoms with Crippen molar-refractivity contribution >= 4 is 11.6 Å². The number of halogens is 2. The second kappa shape index (κ2) is 6.27. The lowest BCUT2D eigenvalue weighted by Crippen LogP contribution is -2.02. The van der Waals surface area contributed by atoms with Crippen LogP contribution in [0.25, 0.3) is 0 Å². The fraction of sp³-hybridized carbons (Fsp3) is 0.294. The molecule has 0 atom stereocenters. The third kappa shape index (κ3) is 3.51. The Balaban J connectivity index is 2.19. The summed E-state index contributed by atoms with van der Waals surface area (Å²) in [6.07, 6.45) is 0. The average Bonchev–Trinajstić information content (AvgIpc) is 2.36. The molecule has 0 aromatic heterocycles. The van der Waals surface area contributed by atoms with Crippen LogP contribution in [-0.2, 0) is 12.5 Å². The van der Waals surface area contributed by atoms with Crippen molar-refractivity contribution in [2.45, 2.75) is 33.3 Å². The van der Waals surface area contributed by atoms with E-state index in [1.807, 2.05) is 0 Å². The van der Waals surface area contributed by atoms with Gasteiger partial charge in [-0.05, 0) is 55.2 Å². The van der Waals surface area contributed by atoms with Crippen LogP contribution in [0.15, 0.2) is 30.3 Å². The van der Waals surface area contributed by atoms with Crippen LogP contribution < -0.4 is 4.74 Å². The first kappa shape index (κ1) is 14.9. The van der Waals surface area contributed by atoms with Gasteiger partial charge in [-0.25, -0.2) is 4.39 Å². The Bertz CT molecular complexity index is 599. The van der Waals surface area contributed by atoms with Crippen LogP contribution in [0.1, 0.15) is 27.8 Å². The van der Waals surface area contributed by atoms with Crippen molar-refractivity contribution in [1.82, 2.24) is 0 Å². The second-order valence-electron chi connectivity index (χ2n) is 5.09. The normalized spacial score (nSPS) is 10.7. The van der Waals surface area contributed by atoms with Gasteiger partial charge in [0.15, 0.2) is 0 Å². The van der Waals surface area contributed by atoms with Crippen LogP contribution in [0.2, 0.25) is 0 Å². The lowest BCUT2D eigenvalue weighted by molar-refractivity contribution is 0.302.